The summed E-state index contributed by atoms with van der Waals surface area (Å²) in [7, 11) is 0. The maximum atomic E-state index is 13.3. The van der Waals surface area contributed by atoms with Crippen molar-refractivity contribution in [2.45, 2.75) is 59.3 Å². The Hall–Kier alpha value is -2.33. The van der Waals surface area contributed by atoms with Crippen LogP contribution in [0.1, 0.15) is 54.5 Å². The minimum absolute atomic E-state index is 0.0785. The van der Waals surface area contributed by atoms with E-state index in [0.29, 0.717) is 30.1 Å². The third-order valence-electron chi connectivity index (χ3n) is 5.99. The lowest BCUT2D eigenvalue weighted by atomic mass is 9.77. The summed E-state index contributed by atoms with van der Waals surface area (Å²) in [6.07, 6.45) is 1.10. The summed E-state index contributed by atoms with van der Waals surface area (Å²) in [5.74, 6) is 1.65. The number of thioether (sulfide) groups is 1. The fourth-order valence-corrected chi connectivity index (χ4v) is 5.48. The van der Waals surface area contributed by atoms with Crippen molar-refractivity contribution in [1.29, 1.82) is 0 Å². The molecule has 2 aromatic rings. The van der Waals surface area contributed by atoms with Crippen molar-refractivity contribution in [3.63, 3.8) is 0 Å². The molecule has 2 unspecified atom stereocenters. The molecule has 0 radical (unpaired) electrons. The summed E-state index contributed by atoms with van der Waals surface area (Å²) in [6, 6.07) is 12.7. The van der Waals surface area contributed by atoms with Gasteiger partial charge in [-0.1, -0.05) is 42.3 Å². The Labute approximate surface area is 190 Å². The van der Waals surface area contributed by atoms with Crippen LogP contribution in [0.25, 0.3) is 5.57 Å². The van der Waals surface area contributed by atoms with Gasteiger partial charge in [-0.15, -0.1) is 11.8 Å². The van der Waals surface area contributed by atoms with Crippen molar-refractivity contribution in [2.75, 3.05) is 5.75 Å². The van der Waals surface area contributed by atoms with Gasteiger partial charge in [0.25, 0.3) is 0 Å². The molecule has 0 bridgehead atoms. The van der Waals surface area contributed by atoms with Crippen LogP contribution in [0.3, 0.4) is 0 Å². The highest BCUT2D eigenvalue weighted by atomic mass is 32.2. The highest BCUT2D eigenvalue weighted by molar-refractivity contribution is 7.99. The molecule has 31 heavy (non-hydrogen) atoms. The van der Waals surface area contributed by atoms with Gasteiger partial charge in [0.2, 0.25) is 0 Å². The van der Waals surface area contributed by atoms with Gasteiger partial charge in [-0.2, -0.15) is 0 Å². The lowest BCUT2D eigenvalue weighted by molar-refractivity contribution is -0.137. The maximum absolute atomic E-state index is 13.3. The maximum Gasteiger partial charge on any atom is 0.307 e. The predicted octanol–water partition coefficient (Wildman–Crippen LogP) is 6.60. The second-order valence-corrected chi connectivity index (χ2v) is 9.95. The first-order chi connectivity index (χ1) is 14.7. The number of benzene rings is 2. The number of carbonyl (C=O) groups excluding carboxylic acids is 2. The summed E-state index contributed by atoms with van der Waals surface area (Å²) in [4.78, 5) is 26.4. The topological polar surface area (TPSA) is 43.4 Å². The summed E-state index contributed by atoms with van der Waals surface area (Å²) in [6.45, 7) is 11.8. The summed E-state index contributed by atoms with van der Waals surface area (Å²) >= 11 is 1.82. The van der Waals surface area contributed by atoms with Crippen molar-refractivity contribution in [3.05, 3.63) is 70.0 Å². The SMILES string of the molecule is CC(=O)OC1=C(c2c(C)cc(C)cc2C)C(=O)CC(C(C)CSc2ccc(C)cc2)C1. The minimum atomic E-state index is -0.370. The van der Waals surface area contributed by atoms with E-state index in [0.717, 1.165) is 28.0 Å². The van der Waals surface area contributed by atoms with Gasteiger partial charge in [0.15, 0.2) is 5.78 Å². The van der Waals surface area contributed by atoms with Crippen molar-refractivity contribution >= 4 is 29.1 Å². The number of Topliss-reactive ketones (excluding diaryl/α,β-unsaturated/α-hetero) is 1. The van der Waals surface area contributed by atoms with E-state index >= 15 is 0 Å². The largest absolute Gasteiger partial charge is 0.430 e. The van der Waals surface area contributed by atoms with Crippen LogP contribution in [0.15, 0.2) is 47.1 Å². The highest BCUT2D eigenvalue weighted by Crippen LogP contribution is 2.40. The van der Waals surface area contributed by atoms with E-state index in [9.17, 15) is 9.59 Å². The molecule has 0 aliphatic heterocycles. The molecule has 0 fully saturated rings. The summed E-state index contributed by atoms with van der Waals surface area (Å²) in [5, 5.41) is 0. The Morgan fingerprint density at radius 2 is 1.65 bits per heavy atom. The van der Waals surface area contributed by atoms with Crippen LogP contribution in [-0.2, 0) is 14.3 Å². The molecule has 164 valence electrons. The fourth-order valence-electron chi connectivity index (χ4n) is 4.43. The average Bonchev–Trinajstić information content (AvgIpc) is 2.68. The van der Waals surface area contributed by atoms with E-state index in [1.54, 1.807) is 0 Å². The zero-order chi connectivity index (χ0) is 22.7. The molecular weight excluding hydrogens is 404 g/mol. The van der Waals surface area contributed by atoms with Crippen molar-refractivity contribution in [2.24, 2.45) is 11.8 Å². The quantitative estimate of drug-likeness (QED) is 0.378. The van der Waals surface area contributed by atoms with Gasteiger partial charge < -0.3 is 4.74 Å². The van der Waals surface area contributed by atoms with Crippen LogP contribution in [-0.4, -0.2) is 17.5 Å². The standard InChI is InChI=1S/C27H32O3S/c1-16-7-9-23(10-8-16)31-15-20(5)22-13-24(29)27(25(14-22)30-21(6)28)26-18(3)11-17(2)12-19(26)4/h7-12,20,22H,13-15H2,1-6H3. The van der Waals surface area contributed by atoms with Gasteiger partial charge in [-0.3, -0.25) is 9.59 Å². The number of hydrogen-bond acceptors (Lipinski definition) is 4. The summed E-state index contributed by atoms with van der Waals surface area (Å²) in [5.41, 5.74) is 6.03. The first-order valence-corrected chi connectivity index (χ1v) is 11.9. The van der Waals surface area contributed by atoms with Gasteiger partial charge >= 0.3 is 5.97 Å². The molecule has 3 nitrogen and oxygen atoms in total. The Bertz CT molecular complexity index is 994. The molecule has 0 amide bonds. The first kappa shape index (κ1) is 23.3. The average molecular weight is 437 g/mol. The van der Waals surface area contributed by atoms with Crippen LogP contribution in [0.2, 0.25) is 0 Å². The molecule has 1 aliphatic rings. The number of rotatable bonds is 6. The smallest absolute Gasteiger partial charge is 0.307 e. The number of esters is 1. The zero-order valence-corrected chi connectivity index (χ0v) is 20.2. The molecule has 1 aliphatic carbocycles. The number of ketones is 1. The van der Waals surface area contributed by atoms with Crippen LogP contribution in [0, 0.1) is 39.5 Å². The number of allylic oxidation sites excluding steroid dienone is 2. The molecule has 0 aromatic heterocycles. The predicted molar refractivity (Wildman–Crippen MR) is 128 cm³/mol. The van der Waals surface area contributed by atoms with Crippen molar-refractivity contribution in [3.8, 4) is 0 Å². The molecule has 2 aromatic carbocycles. The Balaban J connectivity index is 1.86. The molecule has 3 rings (SSSR count). The second kappa shape index (κ2) is 9.86. The van der Waals surface area contributed by atoms with E-state index in [4.69, 9.17) is 4.74 Å². The Morgan fingerprint density at radius 1 is 1.03 bits per heavy atom. The Morgan fingerprint density at radius 3 is 2.23 bits per heavy atom. The second-order valence-electron chi connectivity index (χ2n) is 8.86. The van der Waals surface area contributed by atoms with Gasteiger partial charge in [-0.25, -0.2) is 0 Å². The van der Waals surface area contributed by atoms with E-state index in [-0.39, 0.29) is 17.7 Å². The third-order valence-corrected chi connectivity index (χ3v) is 7.28. The fraction of sp³-hybridized carbons (Fsp3) is 0.407. The molecule has 0 spiro atoms. The molecule has 0 saturated carbocycles. The van der Waals surface area contributed by atoms with Crippen molar-refractivity contribution in [1.82, 2.24) is 0 Å². The van der Waals surface area contributed by atoms with E-state index in [2.05, 4.69) is 57.2 Å². The lowest BCUT2D eigenvalue weighted by Crippen LogP contribution is -2.27. The Kier molecular flexibility index (Phi) is 7.42. The molecule has 2 atom stereocenters. The van der Waals surface area contributed by atoms with Crippen LogP contribution < -0.4 is 0 Å². The minimum Gasteiger partial charge on any atom is -0.430 e. The molecule has 0 N–H and O–H groups in total. The molecular formula is C27H32O3S. The zero-order valence-electron chi connectivity index (χ0n) is 19.4. The normalized spacial score (nSPS) is 17.6. The number of ether oxygens (including phenoxy) is 1. The third kappa shape index (κ3) is 5.68. The monoisotopic (exact) mass is 436 g/mol. The first-order valence-electron chi connectivity index (χ1n) is 10.9. The van der Waals surface area contributed by atoms with E-state index in [1.165, 1.54) is 17.4 Å². The molecule has 0 saturated heterocycles. The van der Waals surface area contributed by atoms with Crippen LogP contribution in [0.4, 0.5) is 0 Å². The van der Waals surface area contributed by atoms with Crippen molar-refractivity contribution < 1.29 is 14.3 Å². The van der Waals surface area contributed by atoms with Crippen LogP contribution in [0.5, 0.6) is 0 Å². The van der Waals surface area contributed by atoms with E-state index < -0.39 is 0 Å². The van der Waals surface area contributed by atoms with E-state index in [1.807, 2.05) is 25.6 Å². The number of aryl methyl sites for hydroxylation is 4. The number of hydrogen-bond donors (Lipinski definition) is 0. The molecule has 0 heterocycles. The highest BCUT2D eigenvalue weighted by Gasteiger charge is 2.34. The van der Waals surface area contributed by atoms with Gasteiger partial charge in [0.1, 0.15) is 5.76 Å². The van der Waals surface area contributed by atoms with Gasteiger partial charge in [-0.05, 0) is 68.4 Å². The lowest BCUT2D eigenvalue weighted by Gasteiger charge is -2.30. The van der Waals surface area contributed by atoms with Gasteiger partial charge in [0, 0.05) is 30.4 Å². The van der Waals surface area contributed by atoms with Crippen LogP contribution >= 0.6 is 11.8 Å². The number of carbonyl (C=O) groups is 2. The summed E-state index contributed by atoms with van der Waals surface area (Å²) < 4.78 is 5.64. The molecule has 4 heteroatoms. The van der Waals surface area contributed by atoms with Gasteiger partial charge in [0.05, 0.1) is 5.57 Å².